The standard InChI is InChI=1S/C11H13NO5/c1-16-9-5-7(11(13)3-4-11)8(12(14)15)6-10(9)17-2/h5-6,13H,3-4H2,1-2H3. The largest absolute Gasteiger partial charge is 0.493 e. The Labute approximate surface area is 97.9 Å². The third kappa shape index (κ3) is 1.91. The molecule has 17 heavy (non-hydrogen) atoms. The Morgan fingerprint density at radius 3 is 2.24 bits per heavy atom. The number of hydrogen-bond donors (Lipinski definition) is 1. The molecular formula is C11H13NO5. The van der Waals surface area contributed by atoms with Gasteiger partial charge in [-0.2, -0.15) is 0 Å². The molecule has 1 saturated carbocycles. The molecule has 92 valence electrons. The van der Waals surface area contributed by atoms with E-state index in [9.17, 15) is 15.2 Å². The van der Waals surface area contributed by atoms with Crippen molar-refractivity contribution in [1.29, 1.82) is 0 Å². The van der Waals surface area contributed by atoms with Crippen LogP contribution in [-0.2, 0) is 5.60 Å². The third-order valence-corrected chi connectivity index (χ3v) is 2.92. The molecule has 0 atom stereocenters. The minimum atomic E-state index is -1.08. The van der Waals surface area contributed by atoms with Gasteiger partial charge in [0.05, 0.1) is 36.4 Å². The second kappa shape index (κ2) is 3.89. The number of ether oxygens (including phenoxy) is 2. The van der Waals surface area contributed by atoms with Gasteiger partial charge in [0.2, 0.25) is 0 Å². The molecule has 0 unspecified atom stereocenters. The van der Waals surface area contributed by atoms with Gasteiger partial charge in [-0.15, -0.1) is 0 Å². The number of rotatable bonds is 4. The highest BCUT2D eigenvalue weighted by Gasteiger charge is 2.47. The Kier molecular flexibility index (Phi) is 2.66. The van der Waals surface area contributed by atoms with Gasteiger partial charge < -0.3 is 14.6 Å². The fourth-order valence-corrected chi connectivity index (χ4v) is 1.78. The Morgan fingerprint density at radius 1 is 1.29 bits per heavy atom. The molecular weight excluding hydrogens is 226 g/mol. The van der Waals surface area contributed by atoms with Crippen LogP contribution in [0.25, 0.3) is 0 Å². The first-order chi connectivity index (χ1) is 8.01. The first kappa shape index (κ1) is 11.7. The van der Waals surface area contributed by atoms with Crippen molar-refractivity contribution >= 4 is 5.69 Å². The minimum absolute atomic E-state index is 0.136. The van der Waals surface area contributed by atoms with E-state index in [0.29, 0.717) is 24.2 Å². The second-order valence-corrected chi connectivity index (χ2v) is 4.01. The number of hydrogen-bond acceptors (Lipinski definition) is 5. The summed E-state index contributed by atoms with van der Waals surface area (Å²) >= 11 is 0. The fraction of sp³-hybridized carbons (Fsp3) is 0.455. The summed E-state index contributed by atoms with van der Waals surface area (Å²) in [7, 11) is 2.86. The normalized spacial score (nSPS) is 16.4. The lowest BCUT2D eigenvalue weighted by Gasteiger charge is -2.13. The maximum Gasteiger partial charge on any atom is 0.279 e. The van der Waals surface area contributed by atoms with Crippen LogP contribution in [0.15, 0.2) is 12.1 Å². The Balaban J connectivity index is 2.59. The summed E-state index contributed by atoms with van der Waals surface area (Å²) in [5.41, 5.74) is -0.926. The van der Waals surface area contributed by atoms with E-state index in [0.717, 1.165) is 0 Å². The number of nitro benzene ring substituents is 1. The van der Waals surface area contributed by atoms with Crippen LogP contribution in [0.4, 0.5) is 5.69 Å². The molecule has 0 heterocycles. The zero-order valence-corrected chi connectivity index (χ0v) is 9.60. The van der Waals surface area contributed by atoms with Gasteiger partial charge in [-0.1, -0.05) is 0 Å². The highest BCUT2D eigenvalue weighted by atomic mass is 16.6. The summed E-state index contributed by atoms with van der Waals surface area (Å²) in [6.07, 6.45) is 1.06. The average Bonchev–Trinajstić information content (AvgIpc) is 3.06. The Morgan fingerprint density at radius 2 is 1.82 bits per heavy atom. The van der Waals surface area contributed by atoms with Gasteiger partial charge in [0, 0.05) is 0 Å². The molecule has 1 fully saturated rings. The lowest BCUT2D eigenvalue weighted by Crippen LogP contribution is -2.09. The number of benzene rings is 1. The van der Waals surface area contributed by atoms with E-state index in [4.69, 9.17) is 9.47 Å². The molecule has 0 radical (unpaired) electrons. The Hall–Kier alpha value is -1.82. The van der Waals surface area contributed by atoms with Gasteiger partial charge in [-0.25, -0.2) is 0 Å². The van der Waals surface area contributed by atoms with E-state index in [1.807, 2.05) is 0 Å². The van der Waals surface area contributed by atoms with E-state index < -0.39 is 10.5 Å². The SMILES string of the molecule is COc1cc([N+](=O)[O-])c(C2(O)CC2)cc1OC. The molecule has 1 aromatic carbocycles. The summed E-state index contributed by atoms with van der Waals surface area (Å²) < 4.78 is 10.1. The third-order valence-electron chi connectivity index (χ3n) is 2.92. The van der Waals surface area contributed by atoms with Crippen LogP contribution in [-0.4, -0.2) is 24.2 Å². The molecule has 1 aliphatic carbocycles. The van der Waals surface area contributed by atoms with Crippen LogP contribution in [0, 0.1) is 10.1 Å². The second-order valence-electron chi connectivity index (χ2n) is 4.01. The lowest BCUT2D eigenvalue weighted by atomic mass is 10.0. The fourth-order valence-electron chi connectivity index (χ4n) is 1.78. The van der Waals surface area contributed by atoms with Crippen molar-refractivity contribution in [2.45, 2.75) is 18.4 Å². The van der Waals surface area contributed by atoms with Crippen molar-refractivity contribution in [3.8, 4) is 11.5 Å². The van der Waals surface area contributed by atoms with Crippen molar-refractivity contribution < 1.29 is 19.5 Å². The van der Waals surface area contributed by atoms with E-state index in [1.165, 1.54) is 26.4 Å². The van der Waals surface area contributed by atoms with Crippen molar-refractivity contribution in [2.24, 2.45) is 0 Å². The molecule has 0 bridgehead atoms. The maximum absolute atomic E-state index is 11.0. The van der Waals surface area contributed by atoms with Crippen molar-refractivity contribution in [2.75, 3.05) is 14.2 Å². The van der Waals surface area contributed by atoms with Gasteiger partial charge in [-0.3, -0.25) is 10.1 Å². The minimum Gasteiger partial charge on any atom is -0.493 e. The molecule has 0 saturated heterocycles. The first-order valence-corrected chi connectivity index (χ1v) is 5.15. The maximum atomic E-state index is 11.0. The highest BCUT2D eigenvalue weighted by molar-refractivity contribution is 5.57. The zero-order valence-electron chi connectivity index (χ0n) is 9.60. The molecule has 2 rings (SSSR count). The van der Waals surface area contributed by atoms with Gasteiger partial charge in [0.25, 0.3) is 5.69 Å². The van der Waals surface area contributed by atoms with Crippen molar-refractivity contribution in [3.05, 3.63) is 27.8 Å². The monoisotopic (exact) mass is 239 g/mol. The number of aliphatic hydroxyl groups is 1. The topological polar surface area (TPSA) is 81.8 Å². The van der Waals surface area contributed by atoms with Gasteiger partial charge in [0.1, 0.15) is 0 Å². The van der Waals surface area contributed by atoms with Crippen molar-refractivity contribution in [3.63, 3.8) is 0 Å². The molecule has 0 aliphatic heterocycles. The van der Waals surface area contributed by atoms with Gasteiger partial charge in [0.15, 0.2) is 11.5 Å². The predicted molar refractivity (Wildman–Crippen MR) is 59.3 cm³/mol. The van der Waals surface area contributed by atoms with E-state index in [-0.39, 0.29) is 11.4 Å². The van der Waals surface area contributed by atoms with Crippen LogP contribution in [0.2, 0.25) is 0 Å². The number of methoxy groups -OCH3 is 2. The van der Waals surface area contributed by atoms with Gasteiger partial charge >= 0.3 is 0 Å². The van der Waals surface area contributed by atoms with Crippen molar-refractivity contribution in [1.82, 2.24) is 0 Å². The molecule has 6 nitrogen and oxygen atoms in total. The average molecular weight is 239 g/mol. The number of nitrogens with zero attached hydrogens (tertiary/aromatic N) is 1. The molecule has 1 aromatic rings. The van der Waals surface area contributed by atoms with Crippen LogP contribution >= 0.6 is 0 Å². The molecule has 1 aliphatic rings. The smallest absolute Gasteiger partial charge is 0.279 e. The lowest BCUT2D eigenvalue weighted by molar-refractivity contribution is -0.386. The zero-order chi connectivity index (χ0) is 12.6. The molecule has 0 spiro atoms. The summed E-state index contributed by atoms with van der Waals surface area (Å²) in [6.45, 7) is 0. The molecule has 6 heteroatoms. The van der Waals surface area contributed by atoms with E-state index in [2.05, 4.69) is 0 Å². The predicted octanol–water partition coefficient (Wildman–Crippen LogP) is 1.59. The number of nitro groups is 1. The van der Waals surface area contributed by atoms with Gasteiger partial charge in [-0.05, 0) is 18.9 Å². The summed E-state index contributed by atoms with van der Waals surface area (Å²) in [5, 5.41) is 21.0. The van der Waals surface area contributed by atoms with Crippen LogP contribution in [0.1, 0.15) is 18.4 Å². The summed E-state index contributed by atoms with van der Waals surface area (Å²) in [5.74, 6) is 0.667. The van der Waals surface area contributed by atoms with E-state index >= 15 is 0 Å². The Bertz CT molecular complexity index is 467. The van der Waals surface area contributed by atoms with E-state index in [1.54, 1.807) is 0 Å². The van der Waals surface area contributed by atoms with Crippen LogP contribution in [0.3, 0.4) is 0 Å². The molecule has 1 N–H and O–H groups in total. The van der Waals surface area contributed by atoms with Crippen LogP contribution in [0.5, 0.6) is 11.5 Å². The molecule has 0 amide bonds. The molecule has 0 aromatic heterocycles. The first-order valence-electron chi connectivity index (χ1n) is 5.15. The summed E-state index contributed by atoms with van der Waals surface area (Å²) in [6, 6.07) is 2.76. The summed E-state index contributed by atoms with van der Waals surface area (Å²) in [4.78, 5) is 10.4. The quantitative estimate of drug-likeness (QED) is 0.637. The van der Waals surface area contributed by atoms with Crippen LogP contribution < -0.4 is 9.47 Å². The highest BCUT2D eigenvalue weighted by Crippen LogP contribution is 2.51.